The smallest absolute Gasteiger partial charge is 0.186 e. The standard InChI is InChI=1S/C17H20F2N2/c18-13-7-8-14-16(15(13)19)21-17(20-14)12-6-5-10-3-1-2-4-11(10)9-12/h7-8,10-12H,1-6,9H2,(H,20,21). The summed E-state index contributed by atoms with van der Waals surface area (Å²) in [5.74, 6) is 1.25. The molecule has 21 heavy (non-hydrogen) atoms. The molecule has 4 heteroatoms. The molecule has 2 aliphatic carbocycles. The summed E-state index contributed by atoms with van der Waals surface area (Å²) < 4.78 is 27.1. The number of hydrogen-bond acceptors (Lipinski definition) is 1. The summed E-state index contributed by atoms with van der Waals surface area (Å²) in [6.07, 6.45) is 8.93. The SMILES string of the molecule is Fc1ccc2[nH]c(C3CCC4CCCCC4C3)nc2c1F. The lowest BCUT2D eigenvalue weighted by atomic mass is 9.67. The second-order valence-corrected chi connectivity index (χ2v) is 6.69. The Kier molecular flexibility index (Phi) is 3.20. The molecule has 2 fully saturated rings. The van der Waals surface area contributed by atoms with Gasteiger partial charge in [0.05, 0.1) is 5.52 Å². The molecule has 1 N–H and O–H groups in total. The van der Waals surface area contributed by atoms with E-state index in [4.69, 9.17) is 0 Å². The van der Waals surface area contributed by atoms with Crippen LogP contribution in [0.1, 0.15) is 56.7 Å². The van der Waals surface area contributed by atoms with Gasteiger partial charge < -0.3 is 4.98 Å². The van der Waals surface area contributed by atoms with Gasteiger partial charge in [0.1, 0.15) is 11.3 Å². The van der Waals surface area contributed by atoms with Crippen LogP contribution >= 0.6 is 0 Å². The summed E-state index contributed by atoms with van der Waals surface area (Å²) in [4.78, 5) is 7.57. The highest BCUT2D eigenvalue weighted by Crippen LogP contribution is 2.45. The van der Waals surface area contributed by atoms with E-state index in [1.54, 1.807) is 6.07 Å². The van der Waals surface area contributed by atoms with E-state index in [2.05, 4.69) is 9.97 Å². The van der Waals surface area contributed by atoms with Crippen molar-refractivity contribution < 1.29 is 8.78 Å². The van der Waals surface area contributed by atoms with E-state index in [1.807, 2.05) is 0 Å². The fourth-order valence-electron chi connectivity index (χ4n) is 4.35. The zero-order valence-corrected chi connectivity index (χ0v) is 12.0. The first-order valence-corrected chi connectivity index (χ1v) is 8.06. The lowest BCUT2D eigenvalue weighted by Gasteiger charge is -2.38. The molecular weight excluding hydrogens is 270 g/mol. The zero-order chi connectivity index (χ0) is 14.4. The number of benzene rings is 1. The van der Waals surface area contributed by atoms with Crippen molar-refractivity contribution in [1.29, 1.82) is 0 Å². The average Bonchev–Trinajstić information content (AvgIpc) is 2.95. The number of hydrogen-bond donors (Lipinski definition) is 1. The summed E-state index contributed by atoms with van der Waals surface area (Å²) in [5.41, 5.74) is 0.755. The minimum Gasteiger partial charge on any atom is -0.342 e. The van der Waals surface area contributed by atoms with Gasteiger partial charge in [-0.25, -0.2) is 13.8 Å². The van der Waals surface area contributed by atoms with E-state index in [9.17, 15) is 8.78 Å². The lowest BCUT2D eigenvalue weighted by molar-refractivity contribution is 0.153. The Hall–Kier alpha value is -1.45. The van der Waals surface area contributed by atoms with Crippen molar-refractivity contribution in [3.05, 3.63) is 29.6 Å². The molecule has 0 saturated heterocycles. The van der Waals surface area contributed by atoms with Crippen LogP contribution in [0.3, 0.4) is 0 Å². The van der Waals surface area contributed by atoms with Gasteiger partial charge in [0.25, 0.3) is 0 Å². The summed E-state index contributed by atoms with van der Waals surface area (Å²) >= 11 is 0. The Morgan fingerprint density at radius 2 is 1.81 bits per heavy atom. The quantitative estimate of drug-likeness (QED) is 0.793. The first kappa shape index (κ1) is 13.2. The Labute approximate surface area is 123 Å². The molecule has 0 radical (unpaired) electrons. The molecule has 1 aromatic carbocycles. The van der Waals surface area contributed by atoms with Crippen LogP contribution in [0.25, 0.3) is 11.0 Å². The number of nitrogens with one attached hydrogen (secondary N) is 1. The van der Waals surface area contributed by atoms with Crippen molar-refractivity contribution in [2.75, 3.05) is 0 Å². The Bertz CT molecular complexity index is 664. The topological polar surface area (TPSA) is 28.7 Å². The van der Waals surface area contributed by atoms with Crippen molar-refractivity contribution >= 4 is 11.0 Å². The third-order valence-corrected chi connectivity index (χ3v) is 5.49. The highest BCUT2D eigenvalue weighted by Gasteiger charge is 2.34. The second-order valence-electron chi connectivity index (χ2n) is 6.69. The molecule has 0 spiro atoms. The van der Waals surface area contributed by atoms with Crippen LogP contribution in [0.15, 0.2) is 12.1 Å². The third-order valence-electron chi connectivity index (χ3n) is 5.49. The molecule has 2 aliphatic rings. The largest absolute Gasteiger partial charge is 0.342 e. The molecule has 3 unspecified atom stereocenters. The number of rotatable bonds is 1. The van der Waals surface area contributed by atoms with Gasteiger partial charge in [-0.2, -0.15) is 0 Å². The molecule has 3 atom stereocenters. The molecule has 2 aromatic rings. The lowest BCUT2D eigenvalue weighted by Crippen LogP contribution is -2.27. The minimum absolute atomic E-state index is 0.149. The van der Waals surface area contributed by atoms with Gasteiger partial charge >= 0.3 is 0 Å². The molecule has 0 amide bonds. The van der Waals surface area contributed by atoms with Gasteiger partial charge in [0.15, 0.2) is 11.6 Å². The van der Waals surface area contributed by atoms with Crippen molar-refractivity contribution in [2.45, 2.75) is 50.9 Å². The maximum Gasteiger partial charge on any atom is 0.186 e. The summed E-state index contributed by atoms with van der Waals surface area (Å²) in [6.45, 7) is 0. The molecule has 0 bridgehead atoms. The van der Waals surface area contributed by atoms with Crippen molar-refractivity contribution in [2.24, 2.45) is 11.8 Å². The Morgan fingerprint density at radius 3 is 2.67 bits per heavy atom. The van der Waals surface area contributed by atoms with E-state index in [0.717, 1.165) is 36.6 Å². The van der Waals surface area contributed by atoms with Gasteiger partial charge in [-0.3, -0.25) is 0 Å². The van der Waals surface area contributed by atoms with Crippen LogP contribution in [0, 0.1) is 23.5 Å². The molecule has 2 saturated carbocycles. The number of aromatic nitrogens is 2. The molecule has 0 aliphatic heterocycles. The Morgan fingerprint density at radius 1 is 1.00 bits per heavy atom. The number of imidazole rings is 1. The van der Waals surface area contributed by atoms with Gasteiger partial charge in [-0.15, -0.1) is 0 Å². The first-order chi connectivity index (χ1) is 10.2. The highest BCUT2D eigenvalue weighted by atomic mass is 19.2. The van der Waals surface area contributed by atoms with Crippen molar-refractivity contribution in [3.63, 3.8) is 0 Å². The molecule has 4 rings (SSSR count). The summed E-state index contributed by atoms with van der Waals surface area (Å²) in [6, 6.07) is 2.74. The zero-order valence-electron chi connectivity index (χ0n) is 12.0. The van der Waals surface area contributed by atoms with Crippen molar-refractivity contribution in [1.82, 2.24) is 9.97 Å². The van der Waals surface area contributed by atoms with Crippen LogP contribution in [0.5, 0.6) is 0 Å². The minimum atomic E-state index is -0.832. The number of nitrogens with zero attached hydrogens (tertiary/aromatic N) is 1. The number of fused-ring (bicyclic) bond motifs is 2. The average molecular weight is 290 g/mol. The predicted octanol–water partition coefficient (Wildman–Crippen LogP) is 4.92. The Balaban J connectivity index is 1.63. The van der Waals surface area contributed by atoms with E-state index in [0.29, 0.717) is 11.4 Å². The highest BCUT2D eigenvalue weighted by molar-refractivity contribution is 5.75. The molecule has 112 valence electrons. The fraction of sp³-hybridized carbons (Fsp3) is 0.588. The molecule has 2 nitrogen and oxygen atoms in total. The van der Waals surface area contributed by atoms with E-state index in [-0.39, 0.29) is 5.52 Å². The van der Waals surface area contributed by atoms with Crippen LogP contribution in [0.4, 0.5) is 8.78 Å². The number of H-pyrrole nitrogens is 1. The van der Waals surface area contributed by atoms with Crippen LogP contribution in [-0.2, 0) is 0 Å². The van der Waals surface area contributed by atoms with Crippen LogP contribution in [0.2, 0.25) is 0 Å². The molecule has 1 aromatic heterocycles. The van der Waals surface area contributed by atoms with Gasteiger partial charge in [0.2, 0.25) is 0 Å². The molecular formula is C17H20F2N2. The third kappa shape index (κ3) is 2.25. The fourth-order valence-corrected chi connectivity index (χ4v) is 4.35. The normalized spacial score (nSPS) is 29.5. The summed E-state index contributed by atoms with van der Waals surface area (Å²) in [5, 5.41) is 0. The van der Waals surface area contributed by atoms with Crippen LogP contribution in [-0.4, -0.2) is 9.97 Å². The van der Waals surface area contributed by atoms with Gasteiger partial charge in [0, 0.05) is 5.92 Å². The van der Waals surface area contributed by atoms with Gasteiger partial charge in [-0.05, 0) is 43.2 Å². The van der Waals surface area contributed by atoms with Gasteiger partial charge in [-0.1, -0.05) is 25.7 Å². The van der Waals surface area contributed by atoms with Crippen molar-refractivity contribution in [3.8, 4) is 0 Å². The first-order valence-electron chi connectivity index (χ1n) is 8.06. The van der Waals surface area contributed by atoms with E-state index >= 15 is 0 Å². The molecule has 1 heterocycles. The number of halogens is 2. The maximum absolute atomic E-state index is 13.8. The van der Waals surface area contributed by atoms with E-state index in [1.165, 1.54) is 32.1 Å². The predicted molar refractivity (Wildman–Crippen MR) is 78.0 cm³/mol. The summed E-state index contributed by atoms with van der Waals surface area (Å²) in [7, 11) is 0. The number of aromatic amines is 1. The monoisotopic (exact) mass is 290 g/mol. The van der Waals surface area contributed by atoms with Crippen LogP contribution < -0.4 is 0 Å². The van der Waals surface area contributed by atoms with E-state index < -0.39 is 11.6 Å². The maximum atomic E-state index is 13.8. The second kappa shape index (κ2) is 5.08.